The van der Waals surface area contributed by atoms with Crippen LogP contribution < -0.4 is 9.47 Å². The zero-order valence-corrected chi connectivity index (χ0v) is 11.4. The van der Waals surface area contributed by atoms with Crippen molar-refractivity contribution in [2.45, 2.75) is 5.33 Å². The van der Waals surface area contributed by atoms with Crippen LogP contribution in [0.15, 0.2) is 16.6 Å². The van der Waals surface area contributed by atoms with Gasteiger partial charge < -0.3 is 9.47 Å². The van der Waals surface area contributed by atoms with Crippen LogP contribution >= 0.6 is 31.9 Å². The summed E-state index contributed by atoms with van der Waals surface area (Å²) in [5.74, 6) is 1.15. The molecule has 84 valence electrons. The van der Waals surface area contributed by atoms with Crippen molar-refractivity contribution in [2.75, 3.05) is 20.4 Å². The molecule has 2 nitrogen and oxygen atoms in total. The Bertz CT molecular complexity index is 331. The van der Waals surface area contributed by atoms with Crippen LogP contribution in [0.3, 0.4) is 0 Å². The van der Waals surface area contributed by atoms with E-state index < -0.39 is 6.67 Å². The van der Waals surface area contributed by atoms with Crippen LogP contribution in [0.1, 0.15) is 5.56 Å². The number of methoxy groups -OCH3 is 1. The van der Waals surface area contributed by atoms with Gasteiger partial charge in [0.2, 0.25) is 0 Å². The summed E-state index contributed by atoms with van der Waals surface area (Å²) in [6, 6.07) is 3.76. The lowest BCUT2D eigenvalue weighted by molar-refractivity contribution is 0.258. The molecule has 0 saturated heterocycles. The van der Waals surface area contributed by atoms with Gasteiger partial charge in [0.1, 0.15) is 13.3 Å². The molecule has 0 aliphatic rings. The van der Waals surface area contributed by atoms with Crippen LogP contribution in [-0.2, 0) is 5.33 Å². The maximum Gasteiger partial charge on any atom is 0.175 e. The molecule has 1 aromatic rings. The Hall–Kier alpha value is -0.290. The van der Waals surface area contributed by atoms with Crippen molar-refractivity contribution >= 4 is 31.9 Å². The molecule has 0 unspecified atom stereocenters. The first-order valence-electron chi connectivity index (χ1n) is 4.34. The van der Waals surface area contributed by atoms with Crippen LogP contribution in [0.5, 0.6) is 11.5 Å². The molecule has 0 aromatic heterocycles. The highest BCUT2D eigenvalue weighted by atomic mass is 79.9. The zero-order chi connectivity index (χ0) is 11.3. The quantitative estimate of drug-likeness (QED) is 0.760. The zero-order valence-electron chi connectivity index (χ0n) is 8.23. The second-order valence-corrected chi connectivity index (χ2v) is 4.20. The second-order valence-electron chi connectivity index (χ2n) is 2.78. The van der Waals surface area contributed by atoms with E-state index in [4.69, 9.17) is 9.47 Å². The molecule has 0 spiro atoms. The van der Waals surface area contributed by atoms with Crippen molar-refractivity contribution in [3.05, 3.63) is 22.2 Å². The molecule has 0 aliphatic carbocycles. The van der Waals surface area contributed by atoms with Gasteiger partial charge in [0.05, 0.1) is 11.6 Å². The average Bonchev–Trinajstić information content (AvgIpc) is 2.26. The topological polar surface area (TPSA) is 18.5 Å². The summed E-state index contributed by atoms with van der Waals surface area (Å²) in [6.07, 6.45) is 0. The van der Waals surface area contributed by atoms with E-state index in [2.05, 4.69) is 31.9 Å². The fraction of sp³-hybridized carbons (Fsp3) is 0.400. The molecular formula is C10H11Br2FO2. The molecule has 1 aromatic carbocycles. The van der Waals surface area contributed by atoms with E-state index in [9.17, 15) is 4.39 Å². The first-order chi connectivity index (χ1) is 7.22. The van der Waals surface area contributed by atoms with Gasteiger partial charge in [-0.2, -0.15) is 0 Å². The fourth-order valence-electron chi connectivity index (χ4n) is 1.13. The Morgan fingerprint density at radius 3 is 2.67 bits per heavy atom. The maximum absolute atomic E-state index is 12.0. The maximum atomic E-state index is 12.0. The molecule has 5 heteroatoms. The predicted molar refractivity (Wildman–Crippen MR) is 64.8 cm³/mol. The molecule has 0 heterocycles. The van der Waals surface area contributed by atoms with Crippen molar-refractivity contribution in [3.63, 3.8) is 0 Å². The minimum Gasteiger partial charge on any atom is -0.493 e. The van der Waals surface area contributed by atoms with Gasteiger partial charge in [0.15, 0.2) is 11.5 Å². The average molecular weight is 342 g/mol. The van der Waals surface area contributed by atoms with Gasteiger partial charge >= 0.3 is 0 Å². The highest BCUT2D eigenvalue weighted by Gasteiger charge is 2.10. The summed E-state index contributed by atoms with van der Waals surface area (Å²) in [5.41, 5.74) is 1.06. The molecule has 0 aliphatic heterocycles. The number of alkyl halides is 2. The molecule has 1 rings (SSSR count). The lowest BCUT2D eigenvalue weighted by Gasteiger charge is -2.12. The van der Waals surface area contributed by atoms with Crippen molar-refractivity contribution in [1.82, 2.24) is 0 Å². The van der Waals surface area contributed by atoms with Crippen molar-refractivity contribution in [1.29, 1.82) is 0 Å². The van der Waals surface area contributed by atoms with Gasteiger partial charge in [0, 0.05) is 5.33 Å². The van der Waals surface area contributed by atoms with Crippen molar-refractivity contribution in [3.8, 4) is 11.5 Å². The van der Waals surface area contributed by atoms with Crippen LogP contribution in [-0.4, -0.2) is 20.4 Å². The first-order valence-corrected chi connectivity index (χ1v) is 6.25. The third kappa shape index (κ3) is 3.34. The second kappa shape index (κ2) is 6.33. The van der Waals surface area contributed by atoms with E-state index in [1.807, 2.05) is 12.1 Å². The SMILES string of the molecule is COc1cc(CBr)cc(Br)c1OCCF. The third-order valence-electron chi connectivity index (χ3n) is 1.77. The Labute approximate surface area is 105 Å². The minimum absolute atomic E-state index is 0.0304. The molecule has 15 heavy (non-hydrogen) atoms. The number of rotatable bonds is 5. The largest absolute Gasteiger partial charge is 0.493 e. The lowest BCUT2D eigenvalue weighted by atomic mass is 10.2. The van der Waals surface area contributed by atoms with E-state index in [0.717, 1.165) is 15.4 Å². The highest BCUT2D eigenvalue weighted by Crippen LogP contribution is 2.37. The van der Waals surface area contributed by atoms with Crippen molar-refractivity contribution < 1.29 is 13.9 Å². The Morgan fingerprint density at radius 1 is 1.40 bits per heavy atom. The fourth-order valence-corrected chi connectivity index (χ4v) is 2.06. The molecule has 0 bridgehead atoms. The first kappa shape index (κ1) is 12.8. The third-order valence-corrected chi connectivity index (χ3v) is 3.00. The monoisotopic (exact) mass is 340 g/mol. The van der Waals surface area contributed by atoms with Gasteiger partial charge in [-0.1, -0.05) is 15.9 Å². The molecule has 0 fully saturated rings. The smallest absolute Gasteiger partial charge is 0.175 e. The predicted octanol–water partition coefficient (Wildman–Crippen LogP) is 3.70. The summed E-state index contributed by atoms with van der Waals surface area (Å²) in [7, 11) is 1.56. The molecule has 0 amide bonds. The Kier molecular flexibility index (Phi) is 5.39. The van der Waals surface area contributed by atoms with E-state index in [0.29, 0.717) is 11.5 Å². The molecule has 0 saturated carbocycles. The molecule has 0 N–H and O–H groups in total. The van der Waals surface area contributed by atoms with E-state index in [-0.39, 0.29) is 6.61 Å². The minimum atomic E-state index is -0.518. The summed E-state index contributed by atoms with van der Waals surface area (Å²) in [6.45, 7) is -0.488. The van der Waals surface area contributed by atoms with Crippen LogP contribution in [0, 0.1) is 0 Å². The van der Waals surface area contributed by atoms with Gasteiger partial charge in [-0.3, -0.25) is 0 Å². The highest BCUT2D eigenvalue weighted by molar-refractivity contribution is 9.10. The number of hydrogen-bond acceptors (Lipinski definition) is 2. The van der Waals surface area contributed by atoms with Crippen LogP contribution in [0.2, 0.25) is 0 Å². The molecule has 0 radical (unpaired) electrons. The number of halogens is 3. The summed E-state index contributed by atoms with van der Waals surface area (Å²) < 4.78 is 23.2. The Morgan fingerprint density at radius 2 is 2.13 bits per heavy atom. The van der Waals surface area contributed by atoms with Crippen LogP contribution in [0.25, 0.3) is 0 Å². The molecular weight excluding hydrogens is 331 g/mol. The summed E-state index contributed by atoms with van der Waals surface area (Å²) in [4.78, 5) is 0. The van der Waals surface area contributed by atoms with Gasteiger partial charge in [-0.05, 0) is 33.6 Å². The number of benzene rings is 1. The van der Waals surface area contributed by atoms with Crippen molar-refractivity contribution in [2.24, 2.45) is 0 Å². The Balaban J connectivity index is 3.01. The summed E-state index contributed by atoms with van der Waals surface area (Å²) in [5, 5.41) is 0.728. The normalized spacial score (nSPS) is 10.1. The number of ether oxygens (including phenoxy) is 2. The number of hydrogen-bond donors (Lipinski definition) is 0. The van der Waals surface area contributed by atoms with Crippen LogP contribution in [0.4, 0.5) is 4.39 Å². The van der Waals surface area contributed by atoms with Gasteiger partial charge in [-0.25, -0.2) is 4.39 Å². The molecule has 0 atom stereocenters. The van der Waals surface area contributed by atoms with Gasteiger partial charge in [0.25, 0.3) is 0 Å². The van der Waals surface area contributed by atoms with E-state index in [1.54, 1.807) is 7.11 Å². The standard InChI is InChI=1S/C10H11Br2FO2/c1-14-9-5-7(6-11)4-8(12)10(9)15-3-2-13/h4-5H,2-3,6H2,1H3. The van der Waals surface area contributed by atoms with E-state index in [1.165, 1.54) is 0 Å². The van der Waals surface area contributed by atoms with E-state index >= 15 is 0 Å². The lowest BCUT2D eigenvalue weighted by Crippen LogP contribution is -2.01. The summed E-state index contributed by atoms with van der Waals surface area (Å²) >= 11 is 6.72. The van der Waals surface area contributed by atoms with Gasteiger partial charge in [-0.15, -0.1) is 0 Å².